The molecule has 5 nitrogen and oxygen atoms in total. The second kappa shape index (κ2) is 8.36. The Balaban J connectivity index is 1.70. The van der Waals surface area contributed by atoms with Gasteiger partial charge in [0.25, 0.3) is 0 Å². The maximum absolute atomic E-state index is 12.1. The molecule has 0 spiro atoms. The summed E-state index contributed by atoms with van der Waals surface area (Å²) in [5.74, 6) is -0.0769. The molecule has 0 bridgehead atoms. The van der Waals surface area contributed by atoms with E-state index in [0.29, 0.717) is 17.9 Å². The van der Waals surface area contributed by atoms with Crippen LogP contribution in [0.5, 0.6) is 5.75 Å². The lowest BCUT2D eigenvalue weighted by atomic mass is 10.1. The van der Waals surface area contributed by atoms with Gasteiger partial charge in [-0.25, -0.2) is 4.79 Å². The Morgan fingerprint density at radius 1 is 1.11 bits per heavy atom. The van der Waals surface area contributed by atoms with Crippen molar-refractivity contribution in [2.24, 2.45) is 0 Å². The Labute approximate surface area is 164 Å². The quantitative estimate of drug-likeness (QED) is 0.380. The molecule has 3 aromatic rings. The zero-order valence-corrected chi connectivity index (χ0v) is 16.1. The predicted octanol–water partition coefficient (Wildman–Crippen LogP) is 4.35. The van der Waals surface area contributed by atoms with Crippen LogP contribution in [0.4, 0.5) is 0 Å². The van der Waals surface area contributed by atoms with E-state index in [1.165, 1.54) is 17.2 Å². The summed E-state index contributed by atoms with van der Waals surface area (Å²) in [5, 5.41) is 13.4. The summed E-state index contributed by atoms with van der Waals surface area (Å²) in [6, 6.07) is 16.8. The van der Waals surface area contributed by atoms with Crippen LogP contribution in [0.2, 0.25) is 0 Å². The number of esters is 1. The van der Waals surface area contributed by atoms with E-state index in [9.17, 15) is 4.79 Å². The first-order chi connectivity index (χ1) is 13.5. The zero-order valence-electron chi connectivity index (χ0n) is 16.1. The number of ether oxygens (including phenoxy) is 1. The molecule has 0 atom stereocenters. The minimum Gasteiger partial charge on any atom is -0.423 e. The van der Waals surface area contributed by atoms with Gasteiger partial charge in [0.15, 0.2) is 0 Å². The second-order valence-electron chi connectivity index (χ2n) is 6.62. The highest BCUT2D eigenvalue weighted by Crippen LogP contribution is 2.17. The summed E-state index contributed by atoms with van der Waals surface area (Å²) in [6.07, 6.45) is 3.13. The predicted molar refractivity (Wildman–Crippen MR) is 108 cm³/mol. The van der Waals surface area contributed by atoms with E-state index >= 15 is 0 Å². The summed E-state index contributed by atoms with van der Waals surface area (Å²) < 4.78 is 7.20. The van der Waals surface area contributed by atoms with E-state index in [0.717, 1.165) is 17.0 Å². The van der Waals surface area contributed by atoms with Crippen LogP contribution >= 0.6 is 0 Å². The van der Waals surface area contributed by atoms with E-state index in [1.807, 2.05) is 24.6 Å². The number of hydrogen-bond donors (Lipinski definition) is 0. The standard InChI is InChI=1S/C23H21N3O2/c1-16-4-6-20(7-5-16)15-26-18(3)22(17(2)25-26)12-13-23(27)28-21-10-8-19(14-24)9-11-21/h4-13H,15H2,1-3H3/b13-12+. The van der Waals surface area contributed by atoms with Crippen molar-refractivity contribution in [3.63, 3.8) is 0 Å². The van der Waals surface area contributed by atoms with Crippen molar-refractivity contribution in [2.45, 2.75) is 27.3 Å². The molecule has 1 heterocycles. The number of aromatic nitrogens is 2. The van der Waals surface area contributed by atoms with E-state index in [2.05, 4.69) is 36.3 Å². The van der Waals surface area contributed by atoms with E-state index < -0.39 is 5.97 Å². The van der Waals surface area contributed by atoms with Crippen LogP contribution in [0.3, 0.4) is 0 Å². The molecule has 1 aromatic heterocycles. The summed E-state index contributed by atoms with van der Waals surface area (Å²) >= 11 is 0. The number of benzene rings is 2. The molecule has 3 rings (SSSR count). The van der Waals surface area contributed by atoms with E-state index in [4.69, 9.17) is 10.00 Å². The number of nitrogens with zero attached hydrogens (tertiary/aromatic N) is 3. The van der Waals surface area contributed by atoms with Gasteiger partial charge in [-0.2, -0.15) is 10.4 Å². The molecule has 0 N–H and O–H groups in total. The third-order valence-corrected chi connectivity index (χ3v) is 4.48. The van der Waals surface area contributed by atoms with Gasteiger partial charge in [-0.05, 0) is 56.7 Å². The highest BCUT2D eigenvalue weighted by Gasteiger charge is 2.10. The van der Waals surface area contributed by atoms with Crippen LogP contribution in [0, 0.1) is 32.1 Å². The molecule has 0 saturated heterocycles. The average Bonchev–Trinajstić information content (AvgIpc) is 2.95. The van der Waals surface area contributed by atoms with Crippen molar-refractivity contribution in [1.29, 1.82) is 5.26 Å². The lowest BCUT2D eigenvalue weighted by Gasteiger charge is -2.05. The molecule has 0 aliphatic heterocycles. The largest absolute Gasteiger partial charge is 0.423 e. The molecule has 0 aliphatic rings. The molecule has 0 unspecified atom stereocenters. The van der Waals surface area contributed by atoms with Gasteiger partial charge in [0, 0.05) is 17.3 Å². The fourth-order valence-corrected chi connectivity index (χ4v) is 2.87. The SMILES string of the molecule is Cc1ccc(Cn2nc(C)c(/C=C/C(=O)Oc3ccc(C#N)cc3)c2C)cc1. The van der Waals surface area contributed by atoms with Gasteiger partial charge < -0.3 is 4.74 Å². The average molecular weight is 371 g/mol. The summed E-state index contributed by atoms with van der Waals surface area (Å²) in [4.78, 5) is 12.1. The summed E-state index contributed by atoms with van der Waals surface area (Å²) in [6.45, 7) is 6.65. The van der Waals surface area contributed by atoms with Crippen molar-refractivity contribution >= 4 is 12.0 Å². The topological polar surface area (TPSA) is 67.9 Å². The second-order valence-corrected chi connectivity index (χ2v) is 6.62. The van der Waals surface area contributed by atoms with Crippen molar-refractivity contribution in [3.05, 3.63) is 88.2 Å². The van der Waals surface area contributed by atoms with Crippen LogP contribution in [0.25, 0.3) is 6.08 Å². The molecule has 0 aliphatic carbocycles. The van der Waals surface area contributed by atoms with Gasteiger partial charge in [-0.1, -0.05) is 29.8 Å². The van der Waals surface area contributed by atoms with Gasteiger partial charge in [-0.3, -0.25) is 4.68 Å². The van der Waals surface area contributed by atoms with Crippen molar-refractivity contribution in [1.82, 2.24) is 9.78 Å². The van der Waals surface area contributed by atoms with Crippen LogP contribution in [0.1, 0.15) is 33.6 Å². The minimum absolute atomic E-state index is 0.400. The normalized spacial score (nSPS) is 10.8. The van der Waals surface area contributed by atoms with Crippen LogP contribution in [0.15, 0.2) is 54.6 Å². The number of nitriles is 1. The van der Waals surface area contributed by atoms with Gasteiger partial charge in [-0.15, -0.1) is 0 Å². The highest BCUT2D eigenvalue weighted by molar-refractivity contribution is 5.89. The molecule has 140 valence electrons. The number of aryl methyl sites for hydroxylation is 2. The van der Waals surface area contributed by atoms with E-state index in [1.54, 1.807) is 30.3 Å². The minimum atomic E-state index is -0.477. The number of carbonyl (C=O) groups excluding carboxylic acids is 1. The maximum Gasteiger partial charge on any atom is 0.336 e. The van der Waals surface area contributed by atoms with Gasteiger partial charge in [0.2, 0.25) is 0 Å². The number of hydrogen-bond acceptors (Lipinski definition) is 4. The van der Waals surface area contributed by atoms with Gasteiger partial charge in [0.1, 0.15) is 5.75 Å². The molecule has 2 aromatic carbocycles. The molecule has 28 heavy (non-hydrogen) atoms. The molecule has 0 saturated carbocycles. The Morgan fingerprint density at radius 2 is 1.79 bits per heavy atom. The monoisotopic (exact) mass is 371 g/mol. The lowest BCUT2D eigenvalue weighted by Crippen LogP contribution is -2.04. The lowest BCUT2D eigenvalue weighted by molar-refractivity contribution is -0.128. The van der Waals surface area contributed by atoms with Crippen molar-refractivity contribution in [3.8, 4) is 11.8 Å². The molecule has 0 fully saturated rings. The summed E-state index contributed by atoms with van der Waals surface area (Å²) in [5.41, 5.74) is 5.66. The van der Waals surface area contributed by atoms with Crippen LogP contribution in [-0.4, -0.2) is 15.7 Å². The Kier molecular flexibility index (Phi) is 5.71. The first kappa shape index (κ1) is 19.1. The smallest absolute Gasteiger partial charge is 0.336 e. The van der Waals surface area contributed by atoms with E-state index in [-0.39, 0.29) is 0 Å². The maximum atomic E-state index is 12.1. The Hall–Kier alpha value is -3.65. The molecule has 5 heteroatoms. The van der Waals surface area contributed by atoms with Crippen LogP contribution in [-0.2, 0) is 11.3 Å². The van der Waals surface area contributed by atoms with Crippen molar-refractivity contribution < 1.29 is 9.53 Å². The number of carbonyl (C=O) groups is 1. The first-order valence-corrected chi connectivity index (χ1v) is 8.96. The van der Waals surface area contributed by atoms with Crippen LogP contribution < -0.4 is 4.74 Å². The first-order valence-electron chi connectivity index (χ1n) is 8.96. The Bertz CT molecular complexity index is 1050. The Morgan fingerprint density at radius 3 is 2.43 bits per heavy atom. The zero-order chi connectivity index (χ0) is 20.1. The third kappa shape index (κ3) is 4.54. The highest BCUT2D eigenvalue weighted by atomic mass is 16.5. The summed E-state index contributed by atoms with van der Waals surface area (Å²) in [7, 11) is 0. The molecular weight excluding hydrogens is 350 g/mol. The molecule has 0 amide bonds. The molecule has 0 radical (unpaired) electrons. The number of rotatable bonds is 5. The third-order valence-electron chi connectivity index (χ3n) is 4.48. The fourth-order valence-electron chi connectivity index (χ4n) is 2.87. The van der Waals surface area contributed by atoms with Gasteiger partial charge in [0.05, 0.1) is 23.9 Å². The fraction of sp³-hybridized carbons (Fsp3) is 0.174. The van der Waals surface area contributed by atoms with Crippen molar-refractivity contribution in [2.75, 3.05) is 0 Å². The van der Waals surface area contributed by atoms with Gasteiger partial charge >= 0.3 is 5.97 Å². The molecular formula is C23H21N3O2.